The number of sulfonamides is 1. The van der Waals surface area contributed by atoms with E-state index in [0.717, 1.165) is 6.07 Å². The van der Waals surface area contributed by atoms with Crippen LogP contribution in [-0.4, -0.2) is 44.8 Å². The molecule has 1 N–H and O–H groups in total. The third-order valence-electron chi connectivity index (χ3n) is 5.41. The highest BCUT2D eigenvalue weighted by Gasteiger charge is 2.33. The topological polar surface area (TPSA) is 86.8 Å². The molecule has 1 atom stereocenters. The number of carbonyl (C=O) groups is 2. The van der Waals surface area contributed by atoms with Crippen LogP contribution in [0.3, 0.4) is 0 Å². The second kappa shape index (κ2) is 11.1. The summed E-state index contributed by atoms with van der Waals surface area (Å²) < 4.78 is 55.7. The molecule has 0 saturated carbocycles. The number of nitrogens with zero attached hydrogens (tertiary/aromatic N) is 2. The maximum Gasteiger partial charge on any atom is 0.264 e. The van der Waals surface area contributed by atoms with Crippen LogP contribution in [-0.2, 0) is 26.2 Å². The Morgan fingerprint density at radius 1 is 0.914 bits per heavy atom. The molecule has 3 rings (SSSR count). The van der Waals surface area contributed by atoms with Crippen molar-refractivity contribution in [2.75, 3.05) is 17.9 Å². The Kier molecular flexibility index (Phi) is 8.18. The first-order chi connectivity index (χ1) is 16.6. The van der Waals surface area contributed by atoms with E-state index in [1.807, 2.05) is 0 Å². The lowest BCUT2D eigenvalue weighted by Crippen LogP contribution is -2.50. The third-order valence-corrected chi connectivity index (χ3v) is 7.19. The Hall–Kier alpha value is -3.79. The van der Waals surface area contributed by atoms with Crippen LogP contribution < -0.4 is 9.62 Å². The van der Waals surface area contributed by atoms with Crippen LogP contribution in [0.2, 0.25) is 0 Å². The Bertz CT molecular complexity index is 1290. The highest BCUT2D eigenvalue weighted by Crippen LogP contribution is 2.26. The van der Waals surface area contributed by atoms with Crippen molar-refractivity contribution in [3.63, 3.8) is 0 Å². The molecule has 184 valence electrons. The average molecular weight is 502 g/mol. The molecule has 7 nitrogen and oxygen atoms in total. The third kappa shape index (κ3) is 6.02. The SMILES string of the molecule is CNC(=O)C(C)N(Cc1ccc(F)cc1)C(=O)CN(c1ccccc1F)S(=O)(=O)c1ccccc1. The summed E-state index contributed by atoms with van der Waals surface area (Å²) in [4.78, 5) is 26.9. The van der Waals surface area contributed by atoms with Crippen molar-refractivity contribution in [3.05, 3.63) is 96.1 Å². The van der Waals surface area contributed by atoms with Gasteiger partial charge in [-0.1, -0.05) is 42.5 Å². The van der Waals surface area contributed by atoms with Crippen molar-refractivity contribution in [2.24, 2.45) is 0 Å². The first kappa shape index (κ1) is 25.8. The summed E-state index contributed by atoms with van der Waals surface area (Å²) in [5.41, 5.74) is 0.220. The lowest BCUT2D eigenvalue weighted by atomic mass is 10.1. The maximum absolute atomic E-state index is 14.7. The van der Waals surface area contributed by atoms with Crippen LogP contribution in [0.4, 0.5) is 14.5 Å². The summed E-state index contributed by atoms with van der Waals surface area (Å²) in [5, 5.41) is 2.46. The quantitative estimate of drug-likeness (QED) is 0.487. The standard InChI is InChI=1S/C25H25F2N3O4S/c1-18(25(32)28-2)29(16-19-12-14-20(26)15-13-19)24(31)17-30(23-11-7-6-10-22(23)27)35(33,34)21-8-4-3-5-9-21/h3-15,18H,16-17H2,1-2H3,(H,28,32). The van der Waals surface area contributed by atoms with Crippen molar-refractivity contribution in [1.82, 2.24) is 10.2 Å². The van der Waals surface area contributed by atoms with Gasteiger partial charge in [-0.3, -0.25) is 13.9 Å². The lowest BCUT2D eigenvalue weighted by molar-refractivity contribution is -0.139. The fraction of sp³-hybridized carbons (Fsp3) is 0.200. The van der Waals surface area contributed by atoms with E-state index < -0.39 is 46.1 Å². The van der Waals surface area contributed by atoms with Crippen molar-refractivity contribution in [3.8, 4) is 0 Å². The second-order valence-electron chi connectivity index (χ2n) is 7.71. The first-order valence-electron chi connectivity index (χ1n) is 10.7. The van der Waals surface area contributed by atoms with E-state index in [0.29, 0.717) is 9.87 Å². The van der Waals surface area contributed by atoms with E-state index in [4.69, 9.17) is 0 Å². The van der Waals surface area contributed by atoms with Crippen LogP contribution >= 0.6 is 0 Å². The van der Waals surface area contributed by atoms with Crippen molar-refractivity contribution in [2.45, 2.75) is 24.4 Å². The number of halogens is 2. The zero-order chi connectivity index (χ0) is 25.6. The van der Waals surface area contributed by atoms with Gasteiger partial charge in [0.2, 0.25) is 11.8 Å². The molecular formula is C25H25F2N3O4S. The summed E-state index contributed by atoms with van der Waals surface area (Å²) in [6.07, 6.45) is 0. The zero-order valence-corrected chi connectivity index (χ0v) is 20.0. The Morgan fingerprint density at radius 3 is 2.11 bits per heavy atom. The van der Waals surface area contributed by atoms with Gasteiger partial charge in [-0.25, -0.2) is 17.2 Å². The van der Waals surface area contributed by atoms with Gasteiger partial charge in [0.15, 0.2) is 0 Å². The minimum Gasteiger partial charge on any atom is -0.357 e. The highest BCUT2D eigenvalue weighted by molar-refractivity contribution is 7.92. The average Bonchev–Trinajstić information content (AvgIpc) is 2.86. The normalized spacial score (nSPS) is 12.0. The fourth-order valence-electron chi connectivity index (χ4n) is 3.47. The molecule has 0 aromatic heterocycles. The predicted molar refractivity (Wildman–Crippen MR) is 128 cm³/mol. The summed E-state index contributed by atoms with van der Waals surface area (Å²) in [7, 11) is -2.93. The van der Waals surface area contributed by atoms with Crippen LogP contribution in [0.5, 0.6) is 0 Å². The molecule has 35 heavy (non-hydrogen) atoms. The molecule has 0 radical (unpaired) electrons. The largest absolute Gasteiger partial charge is 0.357 e. The van der Waals surface area contributed by atoms with E-state index >= 15 is 0 Å². The van der Waals surface area contributed by atoms with Crippen molar-refractivity contribution >= 4 is 27.5 Å². The van der Waals surface area contributed by atoms with Gasteiger partial charge in [-0.2, -0.15) is 0 Å². The molecule has 0 aliphatic carbocycles. The van der Waals surface area contributed by atoms with Gasteiger partial charge in [-0.05, 0) is 48.9 Å². The van der Waals surface area contributed by atoms with Crippen LogP contribution in [0.25, 0.3) is 0 Å². The smallest absolute Gasteiger partial charge is 0.264 e. The first-order valence-corrected chi connectivity index (χ1v) is 12.2. The van der Waals surface area contributed by atoms with Gasteiger partial charge in [0, 0.05) is 13.6 Å². The molecule has 0 saturated heterocycles. The van der Waals surface area contributed by atoms with Crippen LogP contribution in [0.1, 0.15) is 12.5 Å². The minimum absolute atomic E-state index is 0.0931. The number of benzene rings is 3. The highest BCUT2D eigenvalue weighted by atomic mass is 32.2. The summed E-state index contributed by atoms with van der Waals surface area (Å²) >= 11 is 0. The number of likely N-dealkylation sites (N-methyl/N-ethyl adjacent to an activating group) is 1. The molecule has 3 aromatic carbocycles. The molecule has 0 fully saturated rings. The number of carbonyl (C=O) groups excluding carboxylic acids is 2. The number of amides is 2. The van der Waals surface area contributed by atoms with Gasteiger partial charge >= 0.3 is 0 Å². The Labute approximate surface area is 203 Å². The molecule has 0 bridgehead atoms. The molecule has 0 spiro atoms. The van der Waals surface area contributed by atoms with Crippen molar-refractivity contribution < 1.29 is 26.8 Å². The van der Waals surface area contributed by atoms with Gasteiger partial charge in [0.25, 0.3) is 10.0 Å². The van der Waals surface area contributed by atoms with Crippen LogP contribution in [0, 0.1) is 11.6 Å². The van der Waals surface area contributed by atoms with E-state index in [2.05, 4.69) is 5.32 Å². The minimum atomic E-state index is -4.34. The summed E-state index contributed by atoms with van der Waals surface area (Å²) in [6, 6.07) is 16.9. The Morgan fingerprint density at radius 2 is 1.51 bits per heavy atom. The monoisotopic (exact) mass is 501 g/mol. The van der Waals surface area contributed by atoms with E-state index in [1.165, 1.54) is 85.6 Å². The van der Waals surface area contributed by atoms with Gasteiger partial charge in [-0.15, -0.1) is 0 Å². The van der Waals surface area contributed by atoms with E-state index in [9.17, 15) is 26.8 Å². The summed E-state index contributed by atoms with van der Waals surface area (Å²) in [6.45, 7) is 0.629. The molecule has 3 aromatic rings. The lowest BCUT2D eigenvalue weighted by Gasteiger charge is -2.31. The molecule has 1 unspecified atom stereocenters. The van der Waals surface area contributed by atoms with E-state index in [1.54, 1.807) is 6.07 Å². The molecule has 2 amide bonds. The predicted octanol–water partition coefficient (Wildman–Crippen LogP) is 3.32. The van der Waals surface area contributed by atoms with Gasteiger partial charge < -0.3 is 10.2 Å². The fourth-order valence-corrected chi connectivity index (χ4v) is 4.91. The Balaban J connectivity index is 2.03. The number of hydrogen-bond acceptors (Lipinski definition) is 4. The number of rotatable bonds is 9. The number of hydrogen-bond donors (Lipinski definition) is 1. The zero-order valence-electron chi connectivity index (χ0n) is 19.2. The number of nitrogens with one attached hydrogen (secondary N) is 1. The molecular weight excluding hydrogens is 476 g/mol. The van der Waals surface area contributed by atoms with Crippen LogP contribution in [0.15, 0.2) is 83.8 Å². The van der Waals surface area contributed by atoms with Gasteiger partial charge in [0.1, 0.15) is 24.2 Å². The molecule has 10 heteroatoms. The second-order valence-corrected chi connectivity index (χ2v) is 9.58. The number of para-hydroxylation sites is 1. The van der Waals surface area contributed by atoms with E-state index in [-0.39, 0.29) is 17.1 Å². The molecule has 0 aliphatic heterocycles. The van der Waals surface area contributed by atoms with Crippen molar-refractivity contribution in [1.29, 1.82) is 0 Å². The molecule has 0 heterocycles. The van der Waals surface area contributed by atoms with Gasteiger partial charge in [0.05, 0.1) is 10.6 Å². The maximum atomic E-state index is 14.7. The summed E-state index contributed by atoms with van der Waals surface area (Å²) in [5.74, 6) is -2.52. The number of anilines is 1. The molecule has 0 aliphatic rings.